The van der Waals surface area contributed by atoms with Crippen LogP contribution in [0.4, 0.5) is 23.7 Å². The molecular weight excluding hydrogens is 489 g/mol. The monoisotopic (exact) mass is 510 g/mol. The normalized spacial score (nSPS) is 17.3. The number of nitrogens with zero attached hydrogens (tertiary/aromatic N) is 4. The van der Waals surface area contributed by atoms with E-state index in [0.717, 1.165) is 36.3 Å². The van der Waals surface area contributed by atoms with E-state index in [0.29, 0.717) is 36.3 Å². The van der Waals surface area contributed by atoms with Crippen molar-refractivity contribution in [2.24, 2.45) is 0 Å². The molecule has 2 aliphatic rings. The first kappa shape index (κ1) is 24.6. The van der Waals surface area contributed by atoms with Gasteiger partial charge in [-0.2, -0.15) is 13.2 Å². The molecule has 2 saturated heterocycles. The number of anilines is 1. The molecule has 2 aliphatic heterocycles. The number of carbonyl (C=O) groups is 3. The van der Waals surface area contributed by atoms with E-state index in [9.17, 15) is 36.0 Å². The van der Waals surface area contributed by atoms with Crippen LogP contribution in [0.3, 0.4) is 0 Å². The molecule has 186 valence electrons. The Morgan fingerprint density at radius 3 is 2.29 bits per heavy atom. The molecule has 0 aliphatic carbocycles. The molecule has 3 heterocycles. The number of rotatable bonds is 5. The van der Waals surface area contributed by atoms with Gasteiger partial charge in [0.15, 0.2) is 0 Å². The quantitative estimate of drug-likeness (QED) is 0.573. The molecular formula is C22H21F3N4O5S. The highest BCUT2D eigenvalue weighted by Gasteiger charge is 2.47. The van der Waals surface area contributed by atoms with Crippen LogP contribution in [0.25, 0.3) is 0 Å². The Balaban J connectivity index is 1.53. The van der Waals surface area contributed by atoms with E-state index in [1.54, 1.807) is 11.0 Å². The number of aromatic nitrogens is 1. The molecule has 0 spiro atoms. The van der Waals surface area contributed by atoms with Gasteiger partial charge in [-0.15, -0.1) is 0 Å². The summed E-state index contributed by atoms with van der Waals surface area (Å²) in [4.78, 5) is 45.2. The minimum atomic E-state index is -5.56. The Labute approximate surface area is 199 Å². The molecule has 0 saturated carbocycles. The number of urea groups is 1. The molecule has 2 fully saturated rings. The van der Waals surface area contributed by atoms with Crippen molar-refractivity contribution in [2.45, 2.75) is 36.2 Å². The summed E-state index contributed by atoms with van der Waals surface area (Å²) in [7, 11) is -5.56. The molecule has 4 rings (SSSR count). The minimum absolute atomic E-state index is 0.0565. The minimum Gasteiger partial charge on any atom is -0.339 e. The number of carbonyl (C=O) groups excluding carboxylic acids is 3. The fraction of sp³-hybridized carbons (Fsp3) is 0.364. The zero-order chi connectivity index (χ0) is 25.4. The third-order valence-electron chi connectivity index (χ3n) is 5.89. The van der Waals surface area contributed by atoms with Crippen molar-refractivity contribution < 1.29 is 36.0 Å². The van der Waals surface area contributed by atoms with Gasteiger partial charge in [-0.1, -0.05) is 0 Å². The van der Waals surface area contributed by atoms with Gasteiger partial charge in [-0.05, 0) is 55.2 Å². The van der Waals surface area contributed by atoms with Crippen LogP contribution in [0.1, 0.15) is 35.2 Å². The molecule has 4 amide bonds. The molecule has 0 N–H and O–H groups in total. The van der Waals surface area contributed by atoms with Crippen LogP contribution in [0, 0.1) is 0 Å². The average Bonchev–Trinajstić information content (AvgIpc) is 3.11. The largest absolute Gasteiger partial charge is 0.501 e. The zero-order valence-corrected chi connectivity index (χ0v) is 19.2. The second kappa shape index (κ2) is 9.29. The van der Waals surface area contributed by atoms with E-state index in [2.05, 4.69) is 4.98 Å². The Morgan fingerprint density at radius 1 is 1.00 bits per heavy atom. The van der Waals surface area contributed by atoms with Crippen molar-refractivity contribution in [3.63, 3.8) is 0 Å². The van der Waals surface area contributed by atoms with Gasteiger partial charge >= 0.3 is 11.5 Å². The third kappa shape index (κ3) is 4.72. The van der Waals surface area contributed by atoms with E-state index in [1.807, 2.05) is 0 Å². The molecule has 0 radical (unpaired) electrons. The maximum Gasteiger partial charge on any atom is 0.501 e. The highest BCUT2D eigenvalue weighted by molar-refractivity contribution is 7.92. The summed E-state index contributed by atoms with van der Waals surface area (Å²) >= 11 is 0. The molecule has 1 aromatic heterocycles. The van der Waals surface area contributed by atoms with Crippen LogP contribution in [0.2, 0.25) is 0 Å². The number of hydrogen-bond acceptors (Lipinski definition) is 6. The average molecular weight is 510 g/mol. The van der Waals surface area contributed by atoms with Crippen LogP contribution in [-0.4, -0.2) is 66.2 Å². The van der Waals surface area contributed by atoms with E-state index in [4.69, 9.17) is 0 Å². The van der Waals surface area contributed by atoms with E-state index in [1.165, 1.54) is 17.3 Å². The Morgan fingerprint density at radius 2 is 1.66 bits per heavy atom. The lowest BCUT2D eigenvalue weighted by Gasteiger charge is -2.27. The molecule has 1 aromatic carbocycles. The molecule has 9 nitrogen and oxygen atoms in total. The number of halogens is 3. The first-order chi connectivity index (χ1) is 16.5. The maximum atomic E-state index is 13.0. The number of amides is 4. The molecule has 0 atom stereocenters. The third-order valence-corrected chi connectivity index (χ3v) is 7.40. The van der Waals surface area contributed by atoms with Gasteiger partial charge in [-0.25, -0.2) is 18.1 Å². The predicted molar refractivity (Wildman–Crippen MR) is 117 cm³/mol. The fourth-order valence-corrected chi connectivity index (χ4v) is 4.82. The van der Waals surface area contributed by atoms with Crippen molar-refractivity contribution in [2.75, 3.05) is 24.5 Å². The number of hydrogen-bond donors (Lipinski definition) is 0. The molecule has 35 heavy (non-hydrogen) atoms. The van der Waals surface area contributed by atoms with E-state index in [-0.39, 0.29) is 24.7 Å². The van der Waals surface area contributed by atoms with Crippen LogP contribution in [0.5, 0.6) is 0 Å². The first-order valence-corrected chi connectivity index (χ1v) is 12.2. The smallest absolute Gasteiger partial charge is 0.339 e. The lowest BCUT2D eigenvalue weighted by molar-refractivity contribution is -0.116. The summed E-state index contributed by atoms with van der Waals surface area (Å²) in [6, 6.07) is 4.17. The number of benzene rings is 1. The highest BCUT2D eigenvalue weighted by Crippen LogP contribution is 2.32. The van der Waals surface area contributed by atoms with Crippen LogP contribution in [0.15, 0.2) is 47.6 Å². The van der Waals surface area contributed by atoms with E-state index >= 15 is 0 Å². The van der Waals surface area contributed by atoms with E-state index < -0.39 is 32.2 Å². The lowest BCUT2D eigenvalue weighted by Crippen LogP contribution is -2.37. The van der Waals surface area contributed by atoms with Gasteiger partial charge in [0.1, 0.15) is 6.54 Å². The van der Waals surface area contributed by atoms with Gasteiger partial charge in [0.2, 0.25) is 0 Å². The van der Waals surface area contributed by atoms with Gasteiger partial charge < -0.3 is 9.80 Å². The number of likely N-dealkylation sites (tertiary alicyclic amines) is 1. The zero-order valence-electron chi connectivity index (χ0n) is 18.4. The summed E-state index contributed by atoms with van der Waals surface area (Å²) in [5.74, 6) is -0.844. The van der Waals surface area contributed by atoms with Gasteiger partial charge in [0.25, 0.3) is 21.7 Å². The summed E-state index contributed by atoms with van der Waals surface area (Å²) < 4.78 is 61.4. The number of imide groups is 1. The second-order valence-corrected chi connectivity index (χ2v) is 10.1. The standard InChI is InChI=1S/C22H21F3N4O5S/c23-22(24,25)35(33,34)17-6-4-16(5-7-17)29-19(30)14-28(21(29)32)13-15-8-9-26-12-18(15)20(31)27-10-2-1-3-11-27/h4-9,12H,1-3,10-11,13-14H2. The van der Waals surface area contributed by atoms with Crippen LogP contribution >= 0.6 is 0 Å². The Bertz CT molecular complexity index is 1260. The van der Waals surface area contributed by atoms with Gasteiger partial charge in [0.05, 0.1) is 16.1 Å². The molecule has 13 heteroatoms. The fourth-order valence-electron chi connectivity index (χ4n) is 4.06. The number of sulfone groups is 1. The summed E-state index contributed by atoms with van der Waals surface area (Å²) in [5.41, 5.74) is -4.71. The van der Waals surface area contributed by atoms with Crippen molar-refractivity contribution in [1.29, 1.82) is 0 Å². The van der Waals surface area contributed by atoms with Crippen molar-refractivity contribution >= 4 is 33.4 Å². The van der Waals surface area contributed by atoms with Crippen molar-refractivity contribution in [3.8, 4) is 0 Å². The maximum absolute atomic E-state index is 13.0. The SMILES string of the molecule is O=C(c1cnccc1CN1CC(=O)N(c2ccc(S(=O)(=O)C(F)(F)F)cc2)C1=O)N1CCCCC1. The van der Waals surface area contributed by atoms with Crippen molar-refractivity contribution in [3.05, 3.63) is 53.9 Å². The summed E-state index contributed by atoms with van der Waals surface area (Å²) in [6.07, 6.45) is 5.75. The highest BCUT2D eigenvalue weighted by atomic mass is 32.2. The Kier molecular flexibility index (Phi) is 6.54. The molecule has 0 bridgehead atoms. The lowest BCUT2D eigenvalue weighted by atomic mass is 10.1. The number of pyridine rings is 1. The second-order valence-electron chi connectivity index (χ2n) is 8.20. The molecule has 2 aromatic rings. The van der Waals surface area contributed by atoms with Gasteiger partial charge in [0, 0.05) is 32.0 Å². The van der Waals surface area contributed by atoms with Crippen LogP contribution in [-0.2, 0) is 21.2 Å². The summed E-state index contributed by atoms with van der Waals surface area (Å²) in [6.45, 7) is 0.879. The van der Waals surface area contributed by atoms with Crippen molar-refractivity contribution in [1.82, 2.24) is 14.8 Å². The number of alkyl halides is 3. The summed E-state index contributed by atoms with van der Waals surface area (Å²) in [5, 5.41) is 0. The topological polar surface area (TPSA) is 108 Å². The number of piperidine rings is 1. The Hall–Kier alpha value is -3.48. The first-order valence-electron chi connectivity index (χ1n) is 10.8. The van der Waals surface area contributed by atoms with Gasteiger partial charge in [-0.3, -0.25) is 14.6 Å². The molecule has 0 unspecified atom stereocenters. The predicted octanol–water partition coefficient (Wildman–Crippen LogP) is 2.97. The van der Waals surface area contributed by atoms with Crippen LogP contribution < -0.4 is 4.90 Å².